The molecule has 0 radical (unpaired) electrons. The van der Waals surface area contributed by atoms with Gasteiger partial charge < -0.3 is 9.64 Å². The van der Waals surface area contributed by atoms with Gasteiger partial charge in [0, 0.05) is 25.4 Å². The van der Waals surface area contributed by atoms with Gasteiger partial charge in [-0.2, -0.15) is 5.10 Å². The number of amides is 1. The number of pyridine rings is 1. The van der Waals surface area contributed by atoms with Crippen molar-refractivity contribution in [3.05, 3.63) is 46.7 Å². The third-order valence-corrected chi connectivity index (χ3v) is 5.80. The van der Waals surface area contributed by atoms with Gasteiger partial charge in [0.2, 0.25) is 0 Å². The molecule has 1 saturated heterocycles. The summed E-state index contributed by atoms with van der Waals surface area (Å²) in [5, 5.41) is 5.73. The molecule has 28 heavy (non-hydrogen) atoms. The summed E-state index contributed by atoms with van der Waals surface area (Å²) in [5.74, 6) is 1.33. The van der Waals surface area contributed by atoms with Gasteiger partial charge in [0.15, 0.2) is 5.65 Å². The monoisotopic (exact) mass is 398 g/mol. The second kappa shape index (κ2) is 7.43. The number of benzene rings is 1. The largest absolute Gasteiger partial charge is 0.497 e. The van der Waals surface area contributed by atoms with Crippen molar-refractivity contribution in [2.24, 2.45) is 5.92 Å². The molecule has 146 valence electrons. The molecule has 6 nitrogen and oxygen atoms in total. The molecule has 1 aromatic carbocycles. The number of piperidine rings is 1. The van der Waals surface area contributed by atoms with Crippen LogP contribution < -0.4 is 4.74 Å². The fourth-order valence-corrected chi connectivity index (χ4v) is 4.01. The Labute approximate surface area is 169 Å². The Hall–Kier alpha value is -2.60. The Morgan fingerprint density at radius 2 is 2.04 bits per heavy atom. The number of ether oxygens (including phenoxy) is 1. The lowest BCUT2D eigenvalue weighted by atomic mass is 9.98. The molecular weight excluding hydrogens is 376 g/mol. The number of hydrogen-bond acceptors (Lipinski definition) is 4. The van der Waals surface area contributed by atoms with Crippen LogP contribution in [0.5, 0.6) is 5.75 Å². The zero-order chi connectivity index (χ0) is 19.8. The number of rotatable bonds is 3. The number of aromatic nitrogens is 3. The third-order valence-electron chi connectivity index (χ3n) is 5.41. The number of aryl methyl sites for hydroxylation is 1. The van der Waals surface area contributed by atoms with Crippen LogP contribution in [0.1, 0.15) is 35.8 Å². The summed E-state index contributed by atoms with van der Waals surface area (Å²) < 4.78 is 7.04. The molecular formula is C21H23ClN4O2. The van der Waals surface area contributed by atoms with Crippen LogP contribution in [-0.4, -0.2) is 45.8 Å². The number of carbonyl (C=O) groups is 1. The molecule has 0 aliphatic carbocycles. The number of hydrogen-bond donors (Lipinski definition) is 0. The summed E-state index contributed by atoms with van der Waals surface area (Å²) in [7, 11) is 1.62. The first-order valence-electron chi connectivity index (χ1n) is 9.47. The van der Waals surface area contributed by atoms with Crippen LogP contribution in [0.15, 0.2) is 30.5 Å². The van der Waals surface area contributed by atoms with Crippen molar-refractivity contribution in [1.82, 2.24) is 19.7 Å². The maximum atomic E-state index is 13.0. The van der Waals surface area contributed by atoms with Crippen molar-refractivity contribution in [3.8, 4) is 11.4 Å². The molecule has 0 N–H and O–H groups in total. The van der Waals surface area contributed by atoms with E-state index in [0.29, 0.717) is 27.5 Å². The molecule has 1 fully saturated rings. The second-order valence-electron chi connectivity index (χ2n) is 7.36. The van der Waals surface area contributed by atoms with Crippen LogP contribution in [-0.2, 0) is 0 Å². The van der Waals surface area contributed by atoms with Gasteiger partial charge in [0.05, 0.1) is 34.5 Å². The SMILES string of the molecule is COc1cccc(-n2nc(C)c3c(Cl)c(C(=O)N4CCC(C)CC4)cnc32)c1. The van der Waals surface area contributed by atoms with E-state index in [-0.39, 0.29) is 5.91 Å². The van der Waals surface area contributed by atoms with Gasteiger partial charge in [-0.05, 0) is 37.8 Å². The average Bonchev–Trinajstić information content (AvgIpc) is 3.06. The number of nitrogens with zero attached hydrogens (tertiary/aromatic N) is 4. The van der Waals surface area contributed by atoms with E-state index in [4.69, 9.17) is 16.3 Å². The van der Waals surface area contributed by atoms with E-state index in [0.717, 1.165) is 43.1 Å². The van der Waals surface area contributed by atoms with Crippen molar-refractivity contribution < 1.29 is 9.53 Å². The van der Waals surface area contributed by atoms with Gasteiger partial charge >= 0.3 is 0 Å². The maximum Gasteiger partial charge on any atom is 0.256 e. The number of methoxy groups -OCH3 is 1. The van der Waals surface area contributed by atoms with Crippen LogP contribution in [0.2, 0.25) is 5.02 Å². The van der Waals surface area contributed by atoms with Crippen LogP contribution in [0.25, 0.3) is 16.7 Å². The van der Waals surface area contributed by atoms with Gasteiger partial charge in [-0.25, -0.2) is 9.67 Å². The molecule has 3 heterocycles. The van der Waals surface area contributed by atoms with Crippen LogP contribution in [0.4, 0.5) is 0 Å². The first-order chi connectivity index (χ1) is 13.5. The highest BCUT2D eigenvalue weighted by molar-refractivity contribution is 6.38. The first-order valence-corrected chi connectivity index (χ1v) is 9.85. The minimum absolute atomic E-state index is 0.0557. The van der Waals surface area contributed by atoms with Crippen molar-refractivity contribution in [3.63, 3.8) is 0 Å². The maximum absolute atomic E-state index is 13.0. The Morgan fingerprint density at radius 1 is 1.29 bits per heavy atom. The molecule has 3 aromatic rings. The molecule has 7 heteroatoms. The predicted octanol–water partition coefficient (Wildman–Crippen LogP) is 4.26. The highest BCUT2D eigenvalue weighted by Crippen LogP contribution is 2.31. The number of carbonyl (C=O) groups excluding carboxylic acids is 1. The van der Waals surface area contributed by atoms with Crippen molar-refractivity contribution >= 4 is 28.5 Å². The second-order valence-corrected chi connectivity index (χ2v) is 7.74. The molecule has 1 aliphatic heterocycles. The van der Waals surface area contributed by atoms with Gasteiger partial charge in [0.25, 0.3) is 5.91 Å². The average molecular weight is 399 g/mol. The summed E-state index contributed by atoms with van der Waals surface area (Å²) in [5.41, 5.74) is 2.62. The van der Waals surface area contributed by atoms with Crippen LogP contribution in [0, 0.1) is 12.8 Å². The number of halogens is 1. The highest BCUT2D eigenvalue weighted by Gasteiger charge is 2.26. The Kier molecular flexibility index (Phi) is 4.98. The van der Waals surface area contributed by atoms with Gasteiger partial charge in [-0.15, -0.1) is 0 Å². The molecule has 0 atom stereocenters. The molecule has 2 aromatic heterocycles. The lowest BCUT2D eigenvalue weighted by Gasteiger charge is -2.30. The molecule has 1 amide bonds. The molecule has 0 spiro atoms. The normalized spacial score (nSPS) is 15.2. The minimum Gasteiger partial charge on any atom is -0.497 e. The number of fused-ring (bicyclic) bond motifs is 1. The summed E-state index contributed by atoms with van der Waals surface area (Å²) in [6, 6.07) is 7.58. The summed E-state index contributed by atoms with van der Waals surface area (Å²) >= 11 is 6.68. The van der Waals surface area contributed by atoms with Crippen molar-refractivity contribution in [2.45, 2.75) is 26.7 Å². The van der Waals surface area contributed by atoms with E-state index in [9.17, 15) is 4.79 Å². The summed E-state index contributed by atoms with van der Waals surface area (Å²) in [6.07, 6.45) is 3.61. The van der Waals surface area contributed by atoms with Crippen LogP contribution in [0.3, 0.4) is 0 Å². The lowest BCUT2D eigenvalue weighted by Crippen LogP contribution is -2.38. The molecule has 1 aliphatic rings. The summed E-state index contributed by atoms with van der Waals surface area (Å²) in [4.78, 5) is 19.4. The van der Waals surface area contributed by atoms with Crippen molar-refractivity contribution in [1.29, 1.82) is 0 Å². The Bertz CT molecular complexity index is 1040. The molecule has 4 rings (SSSR count). The van der Waals surface area contributed by atoms with E-state index in [1.54, 1.807) is 18.0 Å². The van der Waals surface area contributed by atoms with E-state index in [1.807, 2.05) is 36.1 Å². The van der Waals surface area contributed by atoms with E-state index in [1.165, 1.54) is 0 Å². The molecule has 0 unspecified atom stereocenters. The zero-order valence-electron chi connectivity index (χ0n) is 16.3. The zero-order valence-corrected chi connectivity index (χ0v) is 17.0. The van der Waals surface area contributed by atoms with Gasteiger partial charge in [0.1, 0.15) is 5.75 Å². The van der Waals surface area contributed by atoms with Crippen molar-refractivity contribution in [2.75, 3.05) is 20.2 Å². The Morgan fingerprint density at radius 3 is 2.75 bits per heavy atom. The quantitative estimate of drug-likeness (QED) is 0.661. The summed E-state index contributed by atoms with van der Waals surface area (Å²) in [6.45, 7) is 5.62. The highest BCUT2D eigenvalue weighted by atomic mass is 35.5. The third kappa shape index (κ3) is 3.22. The smallest absolute Gasteiger partial charge is 0.256 e. The molecule has 0 saturated carbocycles. The van der Waals surface area contributed by atoms with E-state index in [2.05, 4.69) is 17.0 Å². The van der Waals surface area contributed by atoms with E-state index < -0.39 is 0 Å². The molecule has 0 bridgehead atoms. The van der Waals surface area contributed by atoms with Crippen LogP contribution >= 0.6 is 11.6 Å². The van der Waals surface area contributed by atoms with E-state index >= 15 is 0 Å². The first kappa shape index (κ1) is 18.7. The standard InChI is InChI=1S/C21H23ClN4O2/c1-13-7-9-25(10-8-13)21(27)17-12-23-20-18(19(17)22)14(2)24-26(20)15-5-4-6-16(11-15)28-3/h4-6,11-13H,7-10H2,1-3H3. The minimum atomic E-state index is -0.0557. The fraction of sp³-hybridized carbons (Fsp3) is 0.381. The topological polar surface area (TPSA) is 60.3 Å². The van der Waals surface area contributed by atoms with Gasteiger partial charge in [-0.3, -0.25) is 4.79 Å². The predicted molar refractivity (Wildman–Crippen MR) is 109 cm³/mol. The number of likely N-dealkylation sites (tertiary alicyclic amines) is 1. The fourth-order valence-electron chi connectivity index (χ4n) is 3.66. The van der Waals surface area contributed by atoms with Gasteiger partial charge in [-0.1, -0.05) is 24.6 Å². The lowest BCUT2D eigenvalue weighted by molar-refractivity contribution is 0.0697. The Balaban J connectivity index is 1.76.